The molecular weight excluding hydrogens is 331 g/mol. The van der Waals surface area contributed by atoms with E-state index in [0.29, 0.717) is 6.54 Å². The highest BCUT2D eigenvalue weighted by Gasteiger charge is 2.59. The van der Waals surface area contributed by atoms with E-state index in [9.17, 15) is 4.79 Å². The summed E-state index contributed by atoms with van der Waals surface area (Å²) in [5.74, 6) is -0.197. The van der Waals surface area contributed by atoms with E-state index in [1.807, 2.05) is 32.3 Å². The first-order valence-electron chi connectivity index (χ1n) is 7.73. The molecule has 0 aliphatic carbocycles. The van der Waals surface area contributed by atoms with Crippen molar-refractivity contribution in [3.63, 3.8) is 0 Å². The quantitative estimate of drug-likeness (QED) is 0.604. The maximum Gasteiger partial charge on any atom is 0.262 e. The summed E-state index contributed by atoms with van der Waals surface area (Å²) >= 11 is 12.6. The lowest BCUT2D eigenvalue weighted by Gasteiger charge is -2.49. The molecule has 1 fully saturated rings. The Bertz CT molecular complexity index is 730. The monoisotopic (exact) mass is 350 g/mol. The van der Waals surface area contributed by atoms with Crippen molar-refractivity contribution < 1.29 is 4.79 Å². The Morgan fingerprint density at radius 3 is 2.52 bits per heavy atom. The fraction of sp³-hybridized carbons (Fsp3) is 0.389. The highest BCUT2D eigenvalue weighted by molar-refractivity contribution is 6.60. The standard InChI is InChI=1S/C18H20Cl2N2O/c1-21(2)10-5-11-22-16(18(19,20)17(22)23)15-9-8-13-6-3-4-7-14(13)12-15/h3-4,6-9,12,16H,5,10-11H2,1-2H3. The number of nitrogens with zero attached hydrogens (tertiary/aromatic N) is 2. The third-order valence-corrected chi connectivity index (χ3v) is 5.03. The summed E-state index contributed by atoms with van der Waals surface area (Å²) in [6.45, 7) is 1.58. The van der Waals surface area contributed by atoms with Crippen molar-refractivity contribution in [2.75, 3.05) is 27.2 Å². The van der Waals surface area contributed by atoms with Gasteiger partial charge in [0, 0.05) is 6.54 Å². The number of alkyl halides is 2. The lowest BCUT2D eigenvalue weighted by Crippen LogP contribution is -2.62. The van der Waals surface area contributed by atoms with Gasteiger partial charge >= 0.3 is 0 Å². The summed E-state index contributed by atoms with van der Waals surface area (Å²) in [5, 5.41) is 2.29. The van der Waals surface area contributed by atoms with Gasteiger partial charge in [0.15, 0.2) is 0 Å². The molecule has 0 saturated carbocycles. The third-order valence-electron chi connectivity index (χ3n) is 4.29. The Balaban J connectivity index is 1.85. The minimum atomic E-state index is -1.36. The number of fused-ring (bicyclic) bond motifs is 1. The number of likely N-dealkylation sites (tertiary alicyclic amines) is 1. The molecule has 0 spiro atoms. The van der Waals surface area contributed by atoms with Gasteiger partial charge in [-0.25, -0.2) is 0 Å². The van der Waals surface area contributed by atoms with Crippen LogP contribution in [0.25, 0.3) is 10.8 Å². The molecule has 122 valence electrons. The predicted octanol–water partition coefficient (Wildman–Crippen LogP) is 3.85. The van der Waals surface area contributed by atoms with Gasteiger partial charge in [-0.2, -0.15) is 0 Å². The van der Waals surface area contributed by atoms with E-state index in [1.165, 1.54) is 0 Å². The maximum atomic E-state index is 12.3. The molecule has 1 aliphatic rings. The number of hydrogen-bond acceptors (Lipinski definition) is 2. The summed E-state index contributed by atoms with van der Waals surface area (Å²) in [7, 11) is 4.04. The van der Waals surface area contributed by atoms with Gasteiger partial charge in [-0.05, 0) is 49.5 Å². The van der Waals surface area contributed by atoms with Crippen molar-refractivity contribution in [1.82, 2.24) is 9.80 Å². The van der Waals surface area contributed by atoms with Gasteiger partial charge in [-0.1, -0.05) is 59.6 Å². The second-order valence-electron chi connectivity index (χ2n) is 6.29. The lowest BCUT2D eigenvalue weighted by atomic mass is 9.91. The summed E-state index contributed by atoms with van der Waals surface area (Å²) in [6.07, 6.45) is 0.896. The molecule has 1 aliphatic heterocycles. The third kappa shape index (κ3) is 3.06. The molecule has 23 heavy (non-hydrogen) atoms. The van der Waals surface area contributed by atoms with Crippen LogP contribution in [0.15, 0.2) is 42.5 Å². The minimum absolute atomic E-state index is 0.197. The van der Waals surface area contributed by atoms with Crippen LogP contribution in [0.1, 0.15) is 18.0 Å². The van der Waals surface area contributed by atoms with E-state index in [2.05, 4.69) is 29.2 Å². The van der Waals surface area contributed by atoms with Crippen molar-refractivity contribution >= 4 is 39.9 Å². The predicted molar refractivity (Wildman–Crippen MR) is 96.0 cm³/mol. The summed E-state index contributed by atoms with van der Waals surface area (Å²) in [5.41, 5.74) is 0.984. The molecule has 0 N–H and O–H groups in total. The number of hydrogen-bond donors (Lipinski definition) is 0. The highest BCUT2D eigenvalue weighted by Crippen LogP contribution is 2.51. The topological polar surface area (TPSA) is 23.6 Å². The van der Waals surface area contributed by atoms with Crippen molar-refractivity contribution in [3.8, 4) is 0 Å². The fourth-order valence-corrected chi connectivity index (χ4v) is 3.82. The van der Waals surface area contributed by atoms with Crippen LogP contribution >= 0.6 is 23.2 Å². The normalized spacial score (nSPS) is 20.1. The zero-order valence-electron chi connectivity index (χ0n) is 13.3. The largest absolute Gasteiger partial charge is 0.329 e. The van der Waals surface area contributed by atoms with Crippen LogP contribution in [-0.4, -0.2) is 47.2 Å². The number of carbonyl (C=O) groups excluding carboxylic acids is 1. The number of benzene rings is 2. The average molecular weight is 351 g/mol. The second kappa shape index (κ2) is 6.31. The molecule has 0 aromatic heterocycles. The van der Waals surface area contributed by atoms with Gasteiger partial charge in [0.25, 0.3) is 5.91 Å². The van der Waals surface area contributed by atoms with E-state index >= 15 is 0 Å². The van der Waals surface area contributed by atoms with Crippen LogP contribution in [0, 0.1) is 0 Å². The first-order chi connectivity index (χ1) is 10.9. The second-order valence-corrected chi connectivity index (χ2v) is 7.67. The summed E-state index contributed by atoms with van der Waals surface area (Å²) < 4.78 is -1.36. The van der Waals surface area contributed by atoms with E-state index in [1.54, 1.807) is 4.90 Å². The maximum absolute atomic E-state index is 12.3. The van der Waals surface area contributed by atoms with Gasteiger partial charge in [0.1, 0.15) is 0 Å². The molecule has 3 nitrogen and oxygen atoms in total. The van der Waals surface area contributed by atoms with Crippen LogP contribution in [0.3, 0.4) is 0 Å². The number of β-lactam (4-membered cyclic amide) rings is 1. The van der Waals surface area contributed by atoms with Gasteiger partial charge in [0.05, 0.1) is 6.04 Å². The van der Waals surface area contributed by atoms with E-state index in [-0.39, 0.29) is 11.9 Å². The highest BCUT2D eigenvalue weighted by atomic mass is 35.5. The number of rotatable bonds is 5. The molecule has 2 aromatic carbocycles. The molecule has 0 radical (unpaired) electrons. The molecule has 1 amide bonds. The molecule has 0 bridgehead atoms. The molecule has 1 unspecified atom stereocenters. The zero-order valence-corrected chi connectivity index (χ0v) is 14.8. The molecule has 2 aromatic rings. The Kier molecular flexibility index (Phi) is 4.54. The summed E-state index contributed by atoms with van der Waals surface area (Å²) in [6, 6.07) is 14.0. The molecule has 1 heterocycles. The Morgan fingerprint density at radius 2 is 1.83 bits per heavy atom. The first-order valence-corrected chi connectivity index (χ1v) is 8.49. The molecule has 1 saturated heterocycles. The van der Waals surface area contributed by atoms with Gasteiger partial charge in [0.2, 0.25) is 4.33 Å². The van der Waals surface area contributed by atoms with Crippen LogP contribution in [-0.2, 0) is 4.79 Å². The first kappa shape index (κ1) is 16.6. The molecule has 1 atom stereocenters. The van der Waals surface area contributed by atoms with Gasteiger partial charge in [-0.3, -0.25) is 4.79 Å². The van der Waals surface area contributed by atoms with Crippen molar-refractivity contribution in [1.29, 1.82) is 0 Å². The number of carbonyl (C=O) groups is 1. The minimum Gasteiger partial charge on any atom is -0.329 e. The van der Waals surface area contributed by atoms with E-state index in [0.717, 1.165) is 29.3 Å². The Hall–Kier alpha value is -1.29. The number of amides is 1. The van der Waals surface area contributed by atoms with Crippen molar-refractivity contribution in [2.45, 2.75) is 16.8 Å². The van der Waals surface area contributed by atoms with Crippen LogP contribution < -0.4 is 0 Å². The van der Waals surface area contributed by atoms with E-state index < -0.39 is 4.33 Å². The van der Waals surface area contributed by atoms with Crippen LogP contribution in [0.4, 0.5) is 0 Å². The number of halogens is 2. The molecule has 5 heteroatoms. The van der Waals surface area contributed by atoms with Crippen molar-refractivity contribution in [3.05, 3.63) is 48.0 Å². The molecule has 3 rings (SSSR count). The van der Waals surface area contributed by atoms with E-state index in [4.69, 9.17) is 23.2 Å². The SMILES string of the molecule is CN(C)CCCN1C(=O)C(Cl)(Cl)C1c1ccc2ccccc2c1. The van der Waals surface area contributed by atoms with Crippen LogP contribution in [0.5, 0.6) is 0 Å². The zero-order chi connectivity index (χ0) is 16.6. The average Bonchev–Trinajstić information content (AvgIpc) is 2.52. The fourth-order valence-electron chi connectivity index (χ4n) is 3.11. The van der Waals surface area contributed by atoms with Crippen molar-refractivity contribution in [2.24, 2.45) is 0 Å². The lowest BCUT2D eigenvalue weighted by molar-refractivity contribution is -0.148. The Labute approximate surface area is 146 Å². The summed E-state index contributed by atoms with van der Waals surface area (Å²) in [4.78, 5) is 16.1. The molecular formula is C18H20Cl2N2O. The van der Waals surface area contributed by atoms with Crippen LogP contribution in [0.2, 0.25) is 0 Å². The van der Waals surface area contributed by atoms with Gasteiger partial charge < -0.3 is 9.80 Å². The smallest absolute Gasteiger partial charge is 0.262 e. The van der Waals surface area contributed by atoms with Gasteiger partial charge in [-0.15, -0.1) is 0 Å². The Morgan fingerprint density at radius 1 is 1.13 bits per heavy atom.